The maximum absolute atomic E-state index is 5.87. The monoisotopic (exact) mass is 249 g/mol. The minimum Gasteiger partial charge on any atom is -0.337 e. The normalized spacial score (nSPS) is 10.8. The number of aryl methyl sites for hydroxylation is 1. The van der Waals surface area contributed by atoms with Crippen molar-refractivity contribution in [3.05, 3.63) is 41.3 Å². The molecule has 3 nitrogen and oxygen atoms in total. The van der Waals surface area contributed by atoms with Crippen molar-refractivity contribution in [2.75, 3.05) is 13.6 Å². The fourth-order valence-corrected chi connectivity index (χ4v) is 1.86. The van der Waals surface area contributed by atoms with E-state index in [-0.39, 0.29) is 0 Å². The Kier molecular flexibility index (Phi) is 3.82. The third-order valence-corrected chi connectivity index (χ3v) is 2.96. The Labute approximate surface area is 106 Å². The number of hydrogen-bond acceptors (Lipinski definition) is 2. The van der Waals surface area contributed by atoms with Gasteiger partial charge in [-0.25, -0.2) is 4.98 Å². The van der Waals surface area contributed by atoms with E-state index in [0.29, 0.717) is 0 Å². The van der Waals surface area contributed by atoms with Crippen molar-refractivity contribution in [1.29, 1.82) is 0 Å². The summed E-state index contributed by atoms with van der Waals surface area (Å²) in [6, 6.07) is 7.76. The van der Waals surface area contributed by atoms with Gasteiger partial charge in [0.1, 0.15) is 5.82 Å². The summed E-state index contributed by atoms with van der Waals surface area (Å²) < 4.78 is 2.07. The van der Waals surface area contributed by atoms with Gasteiger partial charge < -0.3 is 9.88 Å². The number of hydrogen-bond donors (Lipinski definition) is 1. The molecule has 0 spiro atoms. The third kappa shape index (κ3) is 2.87. The average Bonchev–Trinajstić information content (AvgIpc) is 2.69. The van der Waals surface area contributed by atoms with Crippen LogP contribution in [0.5, 0.6) is 0 Å². The molecule has 1 heterocycles. The topological polar surface area (TPSA) is 29.9 Å². The first kappa shape index (κ1) is 12.1. The predicted molar refractivity (Wildman–Crippen MR) is 71.3 cm³/mol. The molecule has 0 saturated carbocycles. The Morgan fingerprint density at radius 1 is 1.29 bits per heavy atom. The minimum atomic E-state index is 0.750. The number of rotatable bonds is 4. The van der Waals surface area contributed by atoms with Crippen molar-refractivity contribution in [1.82, 2.24) is 14.9 Å². The van der Waals surface area contributed by atoms with Gasteiger partial charge in [0.25, 0.3) is 0 Å². The molecule has 1 N–H and O–H groups in total. The van der Waals surface area contributed by atoms with Crippen LogP contribution in [0.15, 0.2) is 30.5 Å². The molecular weight excluding hydrogens is 234 g/mol. The zero-order chi connectivity index (χ0) is 12.3. The van der Waals surface area contributed by atoms with Crippen molar-refractivity contribution < 1.29 is 0 Å². The van der Waals surface area contributed by atoms with Gasteiger partial charge in [0.05, 0.1) is 5.69 Å². The zero-order valence-electron chi connectivity index (χ0n) is 10.1. The average molecular weight is 250 g/mol. The molecule has 0 unspecified atom stereocenters. The first-order valence-corrected chi connectivity index (χ1v) is 6.01. The summed E-state index contributed by atoms with van der Waals surface area (Å²) in [4.78, 5) is 4.63. The second kappa shape index (κ2) is 5.34. The summed E-state index contributed by atoms with van der Waals surface area (Å²) >= 11 is 5.87. The van der Waals surface area contributed by atoms with Crippen molar-refractivity contribution in [3.63, 3.8) is 0 Å². The van der Waals surface area contributed by atoms with Gasteiger partial charge in [-0.2, -0.15) is 0 Å². The Hall–Kier alpha value is -1.32. The number of imidazole rings is 1. The van der Waals surface area contributed by atoms with Gasteiger partial charge in [-0.3, -0.25) is 0 Å². The smallest absolute Gasteiger partial charge is 0.110 e. The maximum Gasteiger partial charge on any atom is 0.110 e. The SMILES string of the molecule is CNCCc1nc(-c2ccc(Cl)cc2)cn1C. The van der Waals surface area contributed by atoms with E-state index in [9.17, 15) is 0 Å². The minimum absolute atomic E-state index is 0.750. The van der Waals surface area contributed by atoms with Crippen LogP contribution >= 0.6 is 11.6 Å². The van der Waals surface area contributed by atoms with Crippen molar-refractivity contribution in [2.24, 2.45) is 7.05 Å². The van der Waals surface area contributed by atoms with E-state index in [0.717, 1.165) is 35.1 Å². The highest BCUT2D eigenvalue weighted by atomic mass is 35.5. The molecule has 4 heteroatoms. The summed E-state index contributed by atoms with van der Waals surface area (Å²) in [6.45, 7) is 0.935. The molecule has 17 heavy (non-hydrogen) atoms. The second-order valence-electron chi connectivity index (χ2n) is 4.01. The maximum atomic E-state index is 5.87. The number of halogens is 1. The fourth-order valence-electron chi connectivity index (χ4n) is 1.73. The molecule has 0 bridgehead atoms. The largest absolute Gasteiger partial charge is 0.337 e. The summed E-state index contributed by atoms with van der Waals surface area (Å²) in [6.07, 6.45) is 2.98. The third-order valence-electron chi connectivity index (χ3n) is 2.71. The molecule has 0 saturated heterocycles. The van der Waals surface area contributed by atoms with Crippen molar-refractivity contribution >= 4 is 11.6 Å². The van der Waals surface area contributed by atoms with Gasteiger partial charge >= 0.3 is 0 Å². The highest BCUT2D eigenvalue weighted by molar-refractivity contribution is 6.30. The zero-order valence-corrected chi connectivity index (χ0v) is 10.8. The summed E-state index contributed by atoms with van der Waals surface area (Å²) in [5.74, 6) is 1.09. The molecule has 0 aliphatic rings. The summed E-state index contributed by atoms with van der Waals surface area (Å²) in [5, 5.41) is 3.88. The van der Waals surface area contributed by atoms with E-state index in [1.54, 1.807) is 0 Å². The lowest BCUT2D eigenvalue weighted by Crippen LogP contribution is -2.12. The lowest BCUT2D eigenvalue weighted by atomic mass is 10.2. The van der Waals surface area contributed by atoms with Crippen LogP contribution in [0.2, 0.25) is 5.02 Å². The molecule has 90 valence electrons. The van der Waals surface area contributed by atoms with Crippen LogP contribution in [0.3, 0.4) is 0 Å². The number of nitrogens with zero attached hydrogens (tertiary/aromatic N) is 2. The second-order valence-corrected chi connectivity index (χ2v) is 4.45. The van der Waals surface area contributed by atoms with E-state index in [4.69, 9.17) is 11.6 Å². The predicted octanol–water partition coefficient (Wildman–Crippen LogP) is 2.50. The van der Waals surface area contributed by atoms with Gasteiger partial charge in [-0.1, -0.05) is 23.7 Å². The van der Waals surface area contributed by atoms with Crippen LogP contribution in [-0.4, -0.2) is 23.1 Å². The molecular formula is C13H16ClN3. The molecule has 0 aliphatic heterocycles. The molecule has 1 aromatic heterocycles. The molecule has 2 rings (SSSR count). The first-order valence-electron chi connectivity index (χ1n) is 5.63. The van der Waals surface area contributed by atoms with E-state index < -0.39 is 0 Å². The highest BCUT2D eigenvalue weighted by Crippen LogP contribution is 2.20. The highest BCUT2D eigenvalue weighted by Gasteiger charge is 2.06. The van der Waals surface area contributed by atoms with E-state index in [2.05, 4.69) is 14.9 Å². The lowest BCUT2D eigenvalue weighted by molar-refractivity contribution is 0.718. The number of benzene rings is 1. The van der Waals surface area contributed by atoms with Crippen LogP contribution in [0.25, 0.3) is 11.3 Å². The summed E-state index contributed by atoms with van der Waals surface area (Å²) in [5.41, 5.74) is 2.09. The van der Waals surface area contributed by atoms with Crippen LogP contribution in [0.4, 0.5) is 0 Å². The molecule has 0 aliphatic carbocycles. The van der Waals surface area contributed by atoms with Crippen molar-refractivity contribution in [2.45, 2.75) is 6.42 Å². The van der Waals surface area contributed by atoms with Gasteiger partial charge in [-0.05, 0) is 19.2 Å². The molecule has 2 aromatic rings. The Morgan fingerprint density at radius 2 is 2.00 bits per heavy atom. The standard InChI is InChI=1S/C13H16ClN3/c1-15-8-7-13-16-12(9-17(13)2)10-3-5-11(14)6-4-10/h3-6,9,15H,7-8H2,1-2H3. The van der Waals surface area contributed by atoms with E-state index in [1.165, 1.54) is 0 Å². The molecule has 0 fully saturated rings. The number of likely N-dealkylation sites (N-methyl/N-ethyl adjacent to an activating group) is 1. The number of aromatic nitrogens is 2. The molecule has 0 radical (unpaired) electrons. The van der Waals surface area contributed by atoms with E-state index in [1.807, 2.05) is 44.6 Å². The van der Waals surface area contributed by atoms with Gasteiger partial charge in [0, 0.05) is 36.8 Å². The Balaban J connectivity index is 2.24. The fraction of sp³-hybridized carbons (Fsp3) is 0.308. The van der Waals surface area contributed by atoms with Crippen LogP contribution in [0, 0.1) is 0 Å². The van der Waals surface area contributed by atoms with Crippen molar-refractivity contribution in [3.8, 4) is 11.3 Å². The first-order chi connectivity index (χ1) is 8.20. The van der Waals surface area contributed by atoms with Crippen LogP contribution in [0.1, 0.15) is 5.82 Å². The van der Waals surface area contributed by atoms with Gasteiger partial charge in [0.2, 0.25) is 0 Å². The Morgan fingerprint density at radius 3 is 2.65 bits per heavy atom. The quantitative estimate of drug-likeness (QED) is 0.902. The van der Waals surface area contributed by atoms with E-state index >= 15 is 0 Å². The van der Waals surface area contributed by atoms with Crippen LogP contribution in [-0.2, 0) is 13.5 Å². The molecule has 1 aromatic carbocycles. The Bertz CT molecular complexity index is 488. The number of nitrogens with one attached hydrogen (secondary N) is 1. The molecule has 0 amide bonds. The molecule has 0 atom stereocenters. The van der Waals surface area contributed by atoms with Gasteiger partial charge in [0.15, 0.2) is 0 Å². The summed E-state index contributed by atoms with van der Waals surface area (Å²) in [7, 11) is 3.97. The van der Waals surface area contributed by atoms with Gasteiger partial charge in [-0.15, -0.1) is 0 Å². The lowest BCUT2D eigenvalue weighted by Gasteiger charge is -1.99. The van der Waals surface area contributed by atoms with Crippen LogP contribution < -0.4 is 5.32 Å².